The summed E-state index contributed by atoms with van der Waals surface area (Å²) < 4.78 is 6.12. The van der Waals surface area contributed by atoms with E-state index < -0.39 is 5.91 Å². The number of nitrogens with zero attached hydrogens (tertiary/aromatic N) is 1. The Morgan fingerprint density at radius 3 is 2.57 bits per heavy atom. The summed E-state index contributed by atoms with van der Waals surface area (Å²) in [5.74, 6) is -0.186. The Hall–Kier alpha value is -3.78. The fourth-order valence-corrected chi connectivity index (χ4v) is 4.35. The molecule has 0 radical (unpaired) electrons. The van der Waals surface area contributed by atoms with Gasteiger partial charge in [0.25, 0.3) is 5.91 Å². The van der Waals surface area contributed by atoms with Gasteiger partial charge in [-0.2, -0.15) is 5.26 Å². The average Bonchev–Trinajstić information content (AvgIpc) is 2.84. The topological polar surface area (TPSA) is 62.1 Å². The third-order valence-electron chi connectivity index (χ3n) is 5.81. The van der Waals surface area contributed by atoms with Crippen LogP contribution in [0.2, 0.25) is 10.0 Å². The number of carbonyl (C=O) groups is 1. The van der Waals surface area contributed by atoms with Gasteiger partial charge in [0, 0.05) is 16.3 Å². The van der Waals surface area contributed by atoms with Gasteiger partial charge in [0.05, 0.1) is 5.02 Å². The predicted octanol–water partition coefficient (Wildman–Crippen LogP) is 7.89. The van der Waals surface area contributed by atoms with E-state index in [9.17, 15) is 10.1 Å². The van der Waals surface area contributed by atoms with E-state index in [1.165, 1.54) is 6.08 Å². The molecule has 4 aromatic carbocycles. The van der Waals surface area contributed by atoms with E-state index in [1.54, 1.807) is 18.2 Å². The number of carbonyl (C=O) groups excluding carboxylic acids is 1. The Labute approximate surface area is 214 Å². The van der Waals surface area contributed by atoms with Crippen LogP contribution in [0.4, 0.5) is 5.69 Å². The highest BCUT2D eigenvalue weighted by Gasteiger charge is 2.16. The second-order valence-corrected chi connectivity index (χ2v) is 8.95. The number of benzene rings is 4. The number of anilines is 1. The third kappa shape index (κ3) is 5.49. The van der Waals surface area contributed by atoms with Crippen molar-refractivity contribution >= 4 is 51.6 Å². The van der Waals surface area contributed by atoms with Crippen molar-refractivity contribution in [3.05, 3.63) is 111 Å². The third-order valence-corrected chi connectivity index (χ3v) is 6.31. The van der Waals surface area contributed by atoms with Crippen LogP contribution in [0.3, 0.4) is 0 Å². The number of hydrogen-bond acceptors (Lipinski definition) is 3. The Morgan fingerprint density at radius 1 is 1.03 bits per heavy atom. The minimum atomic E-state index is -0.530. The molecule has 0 fully saturated rings. The Morgan fingerprint density at radius 2 is 1.77 bits per heavy atom. The van der Waals surface area contributed by atoms with Crippen molar-refractivity contribution < 1.29 is 9.53 Å². The van der Waals surface area contributed by atoms with Crippen LogP contribution in [-0.2, 0) is 11.4 Å². The summed E-state index contributed by atoms with van der Waals surface area (Å²) in [6, 6.07) is 24.8. The van der Waals surface area contributed by atoms with Crippen LogP contribution in [0, 0.1) is 25.2 Å². The first-order chi connectivity index (χ1) is 16.9. The molecule has 6 heteroatoms. The minimum Gasteiger partial charge on any atom is -0.487 e. The van der Waals surface area contributed by atoms with Gasteiger partial charge >= 0.3 is 0 Å². The molecule has 0 heterocycles. The molecule has 0 aliphatic rings. The number of nitrogens with one attached hydrogen (secondary N) is 1. The predicted molar refractivity (Wildman–Crippen MR) is 143 cm³/mol. The van der Waals surface area contributed by atoms with Crippen LogP contribution < -0.4 is 10.1 Å². The summed E-state index contributed by atoms with van der Waals surface area (Å²) in [6.45, 7) is 4.12. The number of ether oxygens (including phenoxy) is 1. The molecule has 4 nitrogen and oxygen atoms in total. The Bertz CT molecular complexity index is 1500. The largest absolute Gasteiger partial charge is 0.487 e. The first-order valence-electron chi connectivity index (χ1n) is 10.9. The standard InChI is InChI=1S/C29H22Cl2N2O2/c1-18-7-5-12-27(19(18)2)33-29(34)23(16-32)13-22-14-24(30)15-26(31)28(22)35-17-21-10-6-9-20-8-3-4-11-25(20)21/h3-15H,17H2,1-2H3,(H,33,34)/b23-13+. The van der Waals surface area contributed by atoms with Crippen molar-refractivity contribution in [1.82, 2.24) is 0 Å². The van der Waals surface area contributed by atoms with Crippen LogP contribution in [0.15, 0.2) is 78.4 Å². The van der Waals surface area contributed by atoms with Gasteiger partial charge in [0.1, 0.15) is 24.0 Å². The van der Waals surface area contributed by atoms with Gasteiger partial charge in [0.2, 0.25) is 0 Å². The molecule has 0 saturated carbocycles. The molecule has 0 atom stereocenters. The zero-order chi connectivity index (χ0) is 24.9. The monoisotopic (exact) mass is 500 g/mol. The molecule has 0 unspecified atom stereocenters. The van der Waals surface area contributed by atoms with Crippen molar-refractivity contribution in [3.8, 4) is 11.8 Å². The van der Waals surface area contributed by atoms with Crippen molar-refractivity contribution in [2.75, 3.05) is 5.32 Å². The van der Waals surface area contributed by atoms with E-state index in [-0.39, 0.29) is 17.2 Å². The smallest absolute Gasteiger partial charge is 0.266 e. The minimum absolute atomic E-state index is 0.0979. The fraction of sp³-hybridized carbons (Fsp3) is 0.103. The molecule has 0 aliphatic carbocycles. The number of fused-ring (bicyclic) bond motifs is 1. The summed E-state index contributed by atoms with van der Waals surface area (Å²) in [5.41, 5.74) is 3.94. The number of hydrogen-bond donors (Lipinski definition) is 1. The first kappa shape index (κ1) is 24.3. The lowest BCUT2D eigenvalue weighted by Crippen LogP contribution is -2.14. The van der Waals surface area contributed by atoms with E-state index in [1.807, 2.05) is 74.5 Å². The van der Waals surface area contributed by atoms with Crippen LogP contribution in [-0.4, -0.2) is 5.91 Å². The molecule has 0 bridgehead atoms. The van der Waals surface area contributed by atoms with Gasteiger partial charge in [-0.3, -0.25) is 4.79 Å². The van der Waals surface area contributed by atoms with Crippen LogP contribution >= 0.6 is 23.2 Å². The van der Waals surface area contributed by atoms with Crippen molar-refractivity contribution in [1.29, 1.82) is 5.26 Å². The van der Waals surface area contributed by atoms with Gasteiger partial charge in [-0.15, -0.1) is 0 Å². The van der Waals surface area contributed by atoms with Gasteiger partial charge < -0.3 is 10.1 Å². The lowest BCUT2D eigenvalue weighted by Gasteiger charge is -2.14. The molecule has 174 valence electrons. The van der Waals surface area contributed by atoms with Gasteiger partial charge in [-0.1, -0.05) is 77.8 Å². The summed E-state index contributed by atoms with van der Waals surface area (Å²) in [6.07, 6.45) is 1.44. The highest BCUT2D eigenvalue weighted by Crippen LogP contribution is 2.35. The van der Waals surface area contributed by atoms with Crippen molar-refractivity contribution in [2.45, 2.75) is 20.5 Å². The molecular weight excluding hydrogens is 479 g/mol. The highest BCUT2D eigenvalue weighted by atomic mass is 35.5. The number of aryl methyl sites for hydroxylation is 1. The van der Waals surface area contributed by atoms with E-state index in [0.717, 1.165) is 27.5 Å². The van der Waals surface area contributed by atoms with E-state index >= 15 is 0 Å². The highest BCUT2D eigenvalue weighted by molar-refractivity contribution is 6.36. The van der Waals surface area contributed by atoms with E-state index in [4.69, 9.17) is 27.9 Å². The number of nitriles is 1. The molecule has 35 heavy (non-hydrogen) atoms. The maximum absolute atomic E-state index is 12.9. The fourth-order valence-electron chi connectivity index (χ4n) is 3.79. The van der Waals surface area contributed by atoms with E-state index in [2.05, 4.69) is 5.32 Å². The molecular formula is C29H22Cl2N2O2. The van der Waals surface area contributed by atoms with Gasteiger partial charge in [-0.25, -0.2) is 0 Å². The van der Waals surface area contributed by atoms with Crippen LogP contribution in [0.25, 0.3) is 16.8 Å². The molecule has 0 saturated heterocycles. The number of rotatable bonds is 6. The van der Waals surface area contributed by atoms with E-state index in [0.29, 0.717) is 22.0 Å². The van der Waals surface area contributed by atoms with Crippen molar-refractivity contribution in [3.63, 3.8) is 0 Å². The van der Waals surface area contributed by atoms with Crippen LogP contribution in [0.1, 0.15) is 22.3 Å². The normalized spacial score (nSPS) is 11.2. The quantitative estimate of drug-likeness (QED) is 0.216. The number of halogens is 2. The SMILES string of the molecule is Cc1cccc(NC(=O)/C(C#N)=C/c2cc(Cl)cc(Cl)c2OCc2cccc3ccccc23)c1C. The summed E-state index contributed by atoms with van der Waals surface area (Å²) in [7, 11) is 0. The summed E-state index contributed by atoms with van der Waals surface area (Å²) in [5, 5.41) is 15.4. The zero-order valence-electron chi connectivity index (χ0n) is 19.2. The molecule has 4 rings (SSSR count). The molecule has 0 aromatic heterocycles. The van der Waals surface area contributed by atoms with Gasteiger partial charge in [0.15, 0.2) is 0 Å². The van der Waals surface area contributed by atoms with Gasteiger partial charge in [-0.05, 0) is 65.6 Å². The van der Waals surface area contributed by atoms with Crippen molar-refractivity contribution in [2.24, 2.45) is 0 Å². The molecule has 0 spiro atoms. The molecule has 1 amide bonds. The Balaban J connectivity index is 1.65. The maximum Gasteiger partial charge on any atom is 0.266 e. The lowest BCUT2D eigenvalue weighted by atomic mass is 10.1. The summed E-state index contributed by atoms with van der Waals surface area (Å²) in [4.78, 5) is 12.9. The lowest BCUT2D eigenvalue weighted by molar-refractivity contribution is -0.112. The molecule has 0 aliphatic heterocycles. The average molecular weight is 501 g/mol. The summed E-state index contributed by atoms with van der Waals surface area (Å²) >= 11 is 12.7. The molecule has 4 aromatic rings. The number of amides is 1. The first-order valence-corrected chi connectivity index (χ1v) is 11.7. The maximum atomic E-state index is 12.9. The Kier molecular flexibility index (Phi) is 7.41. The molecule has 1 N–H and O–H groups in total. The second-order valence-electron chi connectivity index (χ2n) is 8.10. The van der Waals surface area contributed by atoms with Crippen LogP contribution in [0.5, 0.6) is 5.75 Å². The second kappa shape index (κ2) is 10.7. The zero-order valence-corrected chi connectivity index (χ0v) is 20.7.